The van der Waals surface area contributed by atoms with E-state index in [-0.39, 0.29) is 11.8 Å². The van der Waals surface area contributed by atoms with Gasteiger partial charge in [0.05, 0.1) is 5.39 Å². The maximum Gasteiger partial charge on any atom is 0.240 e. The van der Waals surface area contributed by atoms with E-state index in [0.717, 1.165) is 0 Å². The van der Waals surface area contributed by atoms with Crippen molar-refractivity contribution < 1.29 is 13.2 Å². The third-order valence-electron chi connectivity index (χ3n) is 2.70. The van der Waals surface area contributed by atoms with E-state index in [9.17, 15) is 13.2 Å². The number of thiophene rings is 1. The number of nitrogens with zero attached hydrogens (tertiary/aromatic N) is 2. The number of nitrogens with two attached hydrogens (primary N) is 1. The number of nitrogen functional groups attached to an aromatic ring is 1. The number of benzene rings is 1. The van der Waals surface area contributed by atoms with Gasteiger partial charge in [0, 0.05) is 12.1 Å². The van der Waals surface area contributed by atoms with Crippen LogP contribution in [0, 0.1) is 17.5 Å². The molecule has 0 saturated carbocycles. The Kier molecular flexibility index (Phi) is 3.35. The van der Waals surface area contributed by atoms with E-state index in [2.05, 4.69) is 20.7 Å². The average Bonchev–Trinajstić information content (AvgIpc) is 2.90. The maximum atomic E-state index is 13.7. The third-order valence-corrected chi connectivity index (χ3v) is 3.51. The molecule has 0 atom stereocenters. The minimum atomic E-state index is -1.06. The second kappa shape index (κ2) is 5.19. The van der Waals surface area contributed by atoms with Crippen molar-refractivity contribution in [3.8, 4) is 0 Å². The average molecular weight is 311 g/mol. The molecule has 0 aliphatic carbocycles. The van der Waals surface area contributed by atoms with Crippen LogP contribution in [-0.4, -0.2) is 9.97 Å². The molecule has 0 bridgehead atoms. The summed E-state index contributed by atoms with van der Waals surface area (Å²) >= 11 is 1.32. The SMILES string of the molecule is NNc1nc(Nc2c(F)cc(F)cc2F)c2ccsc2n1. The lowest BCUT2D eigenvalue weighted by Crippen LogP contribution is -2.11. The normalized spacial score (nSPS) is 10.9. The minimum absolute atomic E-state index is 0.0929. The predicted molar refractivity (Wildman–Crippen MR) is 74.8 cm³/mol. The Morgan fingerprint density at radius 1 is 1.10 bits per heavy atom. The molecule has 0 amide bonds. The highest BCUT2D eigenvalue weighted by atomic mass is 32.1. The van der Waals surface area contributed by atoms with Crippen molar-refractivity contribution in [3.05, 3.63) is 41.0 Å². The monoisotopic (exact) mass is 311 g/mol. The fourth-order valence-electron chi connectivity index (χ4n) is 1.80. The highest BCUT2D eigenvalue weighted by molar-refractivity contribution is 7.16. The zero-order valence-electron chi connectivity index (χ0n) is 10.3. The third kappa shape index (κ3) is 2.48. The zero-order chi connectivity index (χ0) is 15.0. The van der Waals surface area contributed by atoms with Crippen LogP contribution in [0.5, 0.6) is 0 Å². The number of fused-ring (bicyclic) bond motifs is 1. The van der Waals surface area contributed by atoms with Crippen molar-refractivity contribution in [1.82, 2.24) is 9.97 Å². The number of anilines is 3. The Morgan fingerprint density at radius 3 is 2.48 bits per heavy atom. The van der Waals surface area contributed by atoms with Gasteiger partial charge in [-0.2, -0.15) is 4.98 Å². The van der Waals surface area contributed by atoms with Crippen LogP contribution in [0.3, 0.4) is 0 Å². The first-order valence-electron chi connectivity index (χ1n) is 5.72. The van der Waals surface area contributed by atoms with Gasteiger partial charge in [-0.25, -0.2) is 24.0 Å². The molecule has 21 heavy (non-hydrogen) atoms. The molecule has 1 aromatic carbocycles. The van der Waals surface area contributed by atoms with Gasteiger partial charge in [0.2, 0.25) is 5.95 Å². The quantitative estimate of drug-likeness (QED) is 0.512. The maximum absolute atomic E-state index is 13.7. The van der Waals surface area contributed by atoms with Gasteiger partial charge in [-0.3, -0.25) is 5.43 Å². The van der Waals surface area contributed by atoms with Crippen molar-refractivity contribution in [2.75, 3.05) is 10.7 Å². The molecule has 3 rings (SSSR count). The van der Waals surface area contributed by atoms with Crippen molar-refractivity contribution in [3.63, 3.8) is 0 Å². The first-order chi connectivity index (χ1) is 10.1. The molecule has 108 valence electrons. The number of hydrogen-bond acceptors (Lipinski definition) is 6. The van der Waals surface area contributed by atoms with Gasteiger partial charge in [0.1, 0.15) is 22.2 Å². The first-order valence-corrected chi connectivity index (χ1v) is 6.60. The summed E-state index contributed by atoms with van der Waals surface area (Å²) in [6, 6.07) is 2.86. The van der Waals surface area contributed by atoms with Crippen LogP contribution in [0.25, 0.3) is 10.2 Å². The summed E-state index contributed by atoms with van der Waals surface area (Å²) in [5, 5.41) is 4.84. The Bertz CT molecular complexity index is 797. The fourth-order valence-corrected chi connectivity index (χ4v) is 2.56. The number of hydrazine groups is 1. The fraction of sp³-hybridized carbons (Fsp3) is 0. The molecule has 0 aliphatic rings. The number of hydrogen-bond donors (Lipinski definition) is 3. The van der Waals surface area contributed by atoms with E-state index in [1.54, 1.807) is 11.4 Å². The number of halogens is 3. The second-order valence-corrected chi connectivity index (χ2v) is 4.94. The molecule has 0 fully saturated rings. The molecule has 4 N–H and O–H groups in total. The van der Waals surface area contributed by atoms with Gasteiger partial charge in [-0.15, -0.1) is 11.3 Å². The summed E-state index contributed by atoms with van der Waals surface area (Å²) in [6.45, 7) is 0. The summed E-state index contributed by atoms with van der Waals surface area (Å²) < 4.78 is 40.3. The molecule has 9 heteroatoms. The standard InChI is InChI=1S/C12H8F3N5S/c13-5-3-7(14)9(8(15)4-5)17-10-6-1-2-21-11(6)19-12(18-10)20-16/h1-4H,16H2,(H2,17,18,19,20). The van der Waals surface area contributed by atoms with Gasteiger partial charge in [-0.05, 0) is 11.4 Å². The van der Waals surface area contributed by atoms with E-state index < -0.39 is 23.1 Å². The number of rotatable bonds is 3. The first kappa shape index (κ1) is 13.6. The van der Waals surface area contributed by atoms with Crippen LogP contribution >= 0.6 is 11.3 Å². The largest absolute Gasteiger partial charge is 0.335 e. The van der Waals surface area contributed by atoms with Gasteiger partial charge in [0.15, 0.2) is 11.6 Å². The summed E-state index contributed by atoms with van der Waals surface area (Å²) in [6.07, 6.45) is 0. The molecule has 5 nitrogen and oxygen atoms in total. The van der Waals surface area contributed by atoms with E-state index in [1.807, 2.05) is 0 Å². The molecule has 3 aromatic rings. The zero-order valence-corrected chi connectivity index (χ0v) is 11.1. The summed E-state index contributed by atoms with van der Waals surface area (Å²) in [5.41, 5.74) is 1.78. The molecule has 2 heterocycles. The van der Waals surface area contributed by atoms with Crippen LogP contribution < -0.4 is 16.6 Å². The lowest BCUT2D eigenvalue weighted by atomic mass is 10.2. The van der Waals surface area contributed by atoms with E-state index in [1.165, 1.54) is 11.3 Å². The van der Waals surface area contributed by atoms with Crippen molar-refractivity contribution in [2.24, 2.45) is 5.84 Å². The van der Waals surface area contributed by atoms with E-state index >= 15 is 0 Å². The Morgan fingerprint density at radius 2 is 1.81 bits per heavy atom. The van der Waals surface area contributed by atoms with Gasteiger partial charge >= 0.3 is 0 Å². The van der Waals surface area contributed by atoms with E-state index in [0.29, 0.717) is 22.3 Å². The second-order valence-electron chi connectivity index (χ2n) is 4.05. The number of nitrogens with one attached hydrogen (secondary N) is 2. The predicted octanol–water partition coefficient (Wildman–Crippen LogP) is 3.14. The Balaban J connectivity index is 2.11. The minimum Gasteiger partial charge on any atom is -0.335 e. The highest BCUT2D eigenvalue weighted by Crippen LogP contribution is 2.30. The summed E-state index contributed by atoms with van der Waals surface area (Å²) in [7, 11) is 0. The molecule has 0 unspecified atom stereocenters. The molecular weight excluding hydrogens is 303 g/mol. The van der Waals surface area contributed by atoms with Crippen molar-refractivity contribution in [2.45, 2.75) is 0 Å². The van der Waals surface area contributed by atoms with Crippen LogP contribution in [-0.2, 0) is 0 Å². The van der Waals surface area contributed by atoms with Gasteiger partial charge in [-0.1, -0.05) is 0 Å². The van der Waals surface area contributed by atoms with Crippen LogP contribution in [0.15, 0.2) is 23.6 Å². The van der Waals surface area contributed by atoms with Crippen LogP contribution in [0.2, 0.25) is 0 Å². The van der Waals surface area contributed by atoms with Crippen molar-refractivity contribution >= 4 is 39.0 Å². The Hall–Kier alpha value is -2.39. The summed E-state index contributed by atoms with van der Waals surface area (Å²) in [4.78, 5) is 8.70. The summed E-state index contributed by atoms with van der Waals surface area (Å²) in [5.74, 6) is 2.40. The molecule has 2 aromatic heterocycles. The number of aromatic nitrogens is 2. The van der Waals surface area contributed by atoms with Gasteiger partial charge < -0.3 is 5.32 Å². The molecule has 0 aliphatic heterocycles. The topological polar surface area (TPSA) is 75.9 Å². The molecule has 0 saturated heterocycles. The van der Waals surface area contributed by atoms with E-state index in [4.69, 9.17) is 5.84 Å². The van der Waals surface area contributed by atoms with Crippen LogP contribution in [0.1, 0.15) is 0 Å². The van der Waals surface area contributed by atoms with Crippen molar-refractivity contribution in [1.29, 1.82) is 0 Å². The molecule has 0 spiro atoms. The smallest absolute Gasteiger partial charge is 0.240 e. The Labute approximate surface area is 120 Å². The lowest BCUT2D eigenvalue weighted by Gasteiger charge is -2.10. The van der Waals surface area contributed by atoms with Gasteiger partial charge in [0.25, 0.3) is 0 Å². The lowest BCUT2D eigenvalue weighted by molar-refractivity contribution is 0.549. The molecule has 0 radical (unpaired) electrons. The van der Waals surface area contributed by atoms with Crippen LogP contribution in [0.4, 0.5) is 30.6 Å². The highest BCUT2D eigenvalue weighted by Gasteiger charge is 2.15. The molecular formula is C12H8F3N5S.